The summed E-state index contributed by atoms with van der Waals surface area (Å²) in [6.07, 6.45) is 0.940. The van der Waals surface area contributed by atoms with Crippen LogP contribution in [0.5, 0.6) is 0 Å². The van der Waals surface area contributed by atoms with Crippen molar-refractivity contribution in [2.75, 3.05) is 5.33 Å². The molecule has 0 aliphatic rings. The zero-order chi connectivity index (χ0) is 8.27. The molecular formula is C8H9BrCl2Mg. The van der Waals surface area contributed by atoms with Gasteiger partial charge >= 0.3 is 23.1 Å². The third-order valence-electron chi connectivity index (χ3n) is 1.38. The first-order chi connectivity index (χ1) is 5.24. The van der Waals surface area contributed by atoms with Crippen molar-refractivity contribution < 1.29 is 0 Å². The third-order valence-corrected chi connectivity index (χ3v) is 2.36. The zero-order valence-corrected chi connectivity index (χ0v) is 8.88. The summed E-state index contributed by atoms with van der Waals surface area (Å²) in [5, 5.41) is 2.36. The number of hydrogen-bond donors (Lipinski definition) is 0. The largest absolute Gasteiger partial charge is 0.316 e. The van der Waals surface area contributed by atoms with Crippen LogP contribution in [0.2, 0.25) is 10.0 Å². The van der Waals surface area contributed by atoms with Gasteiger partial charge in [0.1, 0.15) is 0 Å². The lowest BCUT2D eigenvalue weighted by atomic mass is 10.2. The fourth-order valence-electron chi connectivity index (χ4n) is 0.826. The molecule has 0 radical (unpaired) electrons. The first kappa shape index (κ1) is 13.0. The van der Waals surface area contributed by atoms with E-state index in [1.54, 1.807) is 6.07 Å². The Balaban J connectivity index is 0.00000121. The van der Waals surface area contributed by atoms with Crippen molar-refractivity contribution >= 4 is 62.2 Å². The lowest BCUT2D eigenvalue weighted by Gasteiger charge is -2.00. The molecule has 0 fully saturated rings. The fourth-order valence-corrected chi connectivity index (χ4v) is 1.76. The molecular weight excluding hydrogens is 271 g/mol. The van der Waals surface area contributed by atoms with Crippen molar-refractivity contribution in [1.82, 2.24) is 0 Å². The van der Waals surface area contributed by atoms with Gasteiger partial charge in [0.25, 0.3) is 0 Å². The second kappa shape index (κ2) is 6.49. The molecule has 0 nitrogen and oxygen atoms in total. The molecule has 0 heterocycles. The maximum Gasteiger partial charge on any atom is 0.316 e. The van der Waals surface area contributed by atoms with E-state index in [2.05, 4.69) is 15.9 Å². The molecule has 1 aromatic carbocycles. The van der Waals surface area contributed by atoms with E-state index in [-0.39, 0.29) is 23.1 Å². The van der Waals surface area contributed by atoms with Gasteiger partial charge in [-0.05, 0) is 24.1 Å². The lowest BCUT2D eigenvalue weighted by molar-refractivity contribution is 1.17. The van der Waals surface area contributed by atoms with Crippen molar-refractivity contribution in [3.63, 3.8) is 0 Å². The van der Waals surface area contributed by atoms with E-state index in [4.69, 9.17) is 23.2 Å². The van der Waals surface area contributed by atoms with E-state index in [1.807, 2.05) is 12.1 Å². The SMILES string of the molecule is Clc1ccc(CCBr)c(Cl)c1.[MgH2]. The summed E-state index contributed by atoms with van der Waals surface area (Å²) >= 11 is 15.0. The molecule has 0 N–H and O–H groups in total. The smallest absolute Gasteiger partial charge is 0.0924 e. The highest BCUT2D eigenvalue weighted by Crippen LogP contribution is 2.21. The van der Waals surface area contributed by atoms with Gasteiger partial charge in [-0.25, -0.2) is 0 Å². The highest BCUT2D eigenvalue weighted by Gasteiger charge is 1.98. The summed E-state index contributed by atoms with van der Waals surface area (Å²) in [6.45, 7) is 0. The molecule has 0 bridgehead atoms. The summed E-state index contributed by atoms with van der Waals surface area (Å²) in [4.78, 5) is 0. The van der Waals surface area contributed by atoms with Crippen LogP contribution in [-0.2, 0) is 6.42 Å². The first-order valence-corrected chi connectivity index (χ1v) is 5.11. The highest BCUT2D eigenvalue weighted by atomic mass is 79.9. The Morgan fingerprint density at radius 3 is 2.42 bits per heavy atom. The van der Waals surface area contributed by atoms with Gasteiger partial charge in [0.15, 0.2) is 0 Å². The summed E-state index contributed by atoms with van der Waals surface area (Å²) in [6, 6.07) is 5.57. The van der Waals surface area contributed by atoms with Crippen LogP contribution < -0.4 is 0 Å². The molecule has 0 saturated carbocycles. The van der Waals surface area contributed by atoms with Crippen LogP contribution in [0.25, 0.3) is 0 Å². The maximum atomic E-state index is 5.90. The number of aryl methyl sites for hydroxylation is 1. The van der Waals surface area contributed by atoms with Gasteiger partial charge in [-0.15, -0.1) is 0 Å². The van der Waals surface area contributed by atoms with E-state index < -0.39 is 0 Å². The zero-order valence-electron chi connectivity index (χ0n) is 5.78. The average Bonchev–Trinajstić information content (AvgIpc) is 1.95. The predicted molar refractivity (Wildman–Crippen MR) is 62.5 cm³/mol. The number of hydrogen-bond acceptors (Lipinski definition) is 0. The van der Waals surface area contributed by atoms with Gasteiger partial charge in [0, 0.05) is 15.4 Å². The summed E-state index contributed by atoms with van der Waals surface area (Å²) in [5.41, 5.74) is 1.13. The molecule has 1 rings (SSSR count). The van der Waals surface area contributed by atoms with Gasteiger partial charge in [-0.2, -0.15) is 0 Å². The van der Waals surface area contributed by atoms with Crippen LogP contribution in [0.1, 0.15) is 5.56 Å². The molecule has 4 heteroatoms. The van der Waals surface area contributed by atoms with Crippen molar-refractivity contribution in [1.29, 1.82) is 0 Å². The Morgan fingerprint density at radius 1 is 1.25 bits per heavy atom. The van der Waals surface area contributed by atoms with E-state index in [0.717, 1.165) is 22.3 Å². The summed E-state index contributed by atoms with van der Waals surface area (Å²) < 4.78 is 0. The monoisotopic (exact) mass is 278 g/mol. The van der Waals surface area contributed by atoms with Crippen LogP contribution >= 0.6 is 39.1 Å². The van der Waals surface area contributed by atoms with Gasteiger partial charge in [-0.3, -0.25) is 0 Å². The van der Waals surface area contributed by atoms with Gasteiger partial charge in [0.05, 0.1) is 0 Å². The minimum Gasteiger partial charge on any atom is -0.0924 e. The molecule has 64 valence electrons. The summed E-state index contributed by atoms with van der Waals surface area (Å²) in [7, 11) is 0. The van der Waals surface area contributed by atoms with E-state index >= 15 is 0 Å². The topological polar surface area (TPSA) is 0 Å². The predicted octanol–water partition coefficient (Wildman–Crippen LogP) is 3.01. The molecule has 0 aromatic heterocycles. The van der Waals surface area contributed by atoms with Crippen LogP contribution in [0.4, 0.5) is 0 Å². The minimum absolute atomic E-state index is 0. The molecule has 0 atom stereocenters. The number of benzene rings is 1. The van der Waals surface area contributed by atoms with Crippen molar-refractivity contribution in [3.8, 4) is 0 Å². The Kier molecular flexibility index (Phi) is 7.06. The number of halogens is 3. The second-order valence-electron chi connectivity index (χ2n) is 2.17. The average molecular weight is 280 g/mol. The minimum atomic E-state index is 0. The van der Waals surface area contributed by atoms with Gasteiger partial charge in [0.2, 0.25) is 0 Å². The number of alkyl halides is 1. The summed E-state index contributed by atoms with van der Waals surface area (Å²) in [5.74, 6) is 0. The van der Waals surface area contributed by atoms with Crippen LogP contribution in [0, 0.1) is 0 Å². The van der Waals surface area contributed by atoms with E-state index in [9.17, 15) is 0 Å². The number of rotatable bonds is 2. The van der Waals surface area contributed by atoms with Crippen molar-refractivity contribution in [3.05, 3.63) is 33.8 Å². The normalized spacial score (nSPS) is 9.25. The Labute approximate surface area is 107 Å². The molecule has 0 amide bonds. The lowest BCUT2D eigenvalue weighted by Crippen LogP contribution is -1.86. The Morgan fingerprint density at radius 2 is 1.92 bits per heavy atom. The Hall–Kier alpha value is 1.05. The fraction of sp³-hybridized carbons (Fsp3) is 0.250. The quantitative estimate of drug-likeness (QED) is 0.577. The maximum absolute atomic E-state index is 5.90. The first-order valence-electron chi connectivity index (χ1n) is 3.24. The standard InChI is InChI=1S/C8H7BrCl2.Mg.2H/c9-4-3-6-1-2-7(10)5-8(6)11;;;/h1-2,5H,3-4H2;;;. The molecule has 12 heavy (non-hydrogen) atoms. The second-order valence-corrected chi connectivity index (χ2v) is 3.81. The van der Waals surface area contributed by atoms with Crippen molar-refractivity contribution in [2.45, 2.75) is 6.42 Å². The van der Waals surface area contributed by atoms with Crippen LogP contribution in [0.15, 0.2) is 18.2 Å². The van der Waals surface area contributed by atoms with Gasteiger partial charge in [-0.1, -0.05) is 45.2 Å². The van der Waals surface area contributed by atoms with E-state index in [0.29, 0.717) is 5.02 Å². The Bertz CT molecular complexity index is 253. The molecule has 0 spiro atoms. The molecule has 0 aliphatic carbocycles. The molecule has 0 unspecified atom stereocenters. The highest BCUT2D eigenvalue weighted by molar-refractivity contribution is 9.09. The molecule has 1 aromatic rings. The third kappa shape index (κ3) is 3.84. The van der Waals surface area contributed by atoms with Crippen LogP contribution in [-0.4, -0.2) is 28.4 Å². The van der Waals surface area contributed by atoms with Crippen molar-refractivity contribution in [2.24, 2.45) is 0 Å². The molecule has 0 aliphatic heterocycles. The van der Waals surface area contributed by atoms with Gasteiger partial charge < -0.3 is 0 Å². The van der Waals surface area contributed by atoms with Crippen LogP contribution in [0.3, 0.4) is 0 Å². The van der Waals surface area contributed by atoms with E-state index in [1.165, 1.54) is 0 Å². The molecule has 0 saturated heterocycles.